The summed E-state index contributed by atoms with van der Waals surface area (Å²) < 4.78 is 1.76. The van der Waals surface area contributed by atoms with Crippen molar-refractivity contribution in [3.63, 3.8) is 0 Å². The quantitative estimate of drug-likeness (QED) is 0.716. The minimum atomic E-state index is -0.236. The first-order valence-electron chi connectivity index (χ1n) is 4.97. The van der Waals surface area contributed by atoms with Gasteiger partial charge in [-0.05, 0) is 19.1 Å². The lowest BCUT2D eigenvalue weighted by atomic mass is 10.2. The third-order valence-electron chi connectivity index (χ3n) is 2.35. The molecule has 2 aromatic rings. The topological polar surface area (TPSA) is 39.1 Å². The van der Waals surface area contributed by atoms with E-state index in [1.54, 1.807) is 17.0 Å². The summed E-state index contributed by atoms with van der Waals surface area (Å²) in [5, 5.41) is 0. The normalized spacial score (nSPS) is 10.1. The average molecular weight is 213 g/mol. The van der Waals surface area contributed by atoms with Gasteiger partial charge in [-0.25, -0.2) is 0 Å². The van der Waals surface area contributed by atoms with Gasteiger partial charge in [0.25, 0.3) is 0 Å². The van der Waals surface area contributed by atoms with Gasteiger partial charge in [-0.3, -0.25) is 9.59 Å². The molecule has 2 rings (SSSR count). The van der Waals surface area contributed by atoms with Gasteiger partial charge in [0.1, 0.15) is 0 Å². The maximum absolute atomic E-state index is 11.4. The van der Waals surface area contributed by atoms with Crippen molar-refractivity contribution in [3.05, 3.63) is 64.6 Å². The zero-order valence-corrected chi connectivity index (χ0v) is 8.88. The van der Waals surface area contributed by atoms with Crippen LogP contribution < -0.4 is 5.43 Å². The van der Waals surface area contributed by atoms with Crippen LogP contribution in [0.1, 0.15) is 17.3 Å². The second-order valence-corrected chi connectivity index (χ2v) is 3.52. The molecule has 3 heteroatoms. The summed E-state index contributed by atoms with van der Waals surface area (Å²) in [5.74, 6) is -0.213. The summed E-state index contributed by atoms with van der Waals surface area (Å²) in [5.41, 5.74) is 0.899. The minimum Gasteiger partial charge on any atom is -0.323 e. The van der Waals surface area contributed by atoms with Gasteiger partial charge in [-0.15, -0.1) is 0 Å². The first kappa shape index (κ1) is 10.4. The summed E-state index contributed by atoms with van der Waals surface area (Å²) in [6, 6.07) is 11.0. The fraction of sp³-hybridized carbons (Fsp3) is 0.0769. The van der Waals surface area contributed by atoms with Gasteiger partial charge >= 0.3 is 0 Å². The predicted octanol–water partition coefficient (Wildman–Crippen LogP) is 2.04. The smallest absolute Gasteiger partial charge is 0.192 e. The number of hydrogen-bond donors (Lipinski definition) is 0. The van der Waals surface area contributed by atoms with Crippen LogP contribution in [0.25, 0.3) is 5.69 Å². The van der Waals surface area contributed by atoms with E-state index in [4.69, 9.17) is 0 Å². The highest BCUT2D eigenvalue weighted by molar-refractivity contribution is 5.93. The second-order valence-electron chi connectivity index (χ2n) is 3.52. The number of ketones is 1. The van der Waals surface area contributed by atoms with Crippen LogP contribution in [0, 0.1) is 0 Å². The van der Waals surface area contributed by atoms with Crippen LogP contribution in [-0.2, 0) is 0 Å². The lowest BCUT2D eigenvalue weighted by Crippen LogP contribution is -2.14. The van der Waals surface area contributed by atoms with Crippen LogP contribution in [0.5, 0.6) is 0 Å². The number of Topliss-reactive ketones (excluding diaryl/α,β-unsaturated/α-hetero) is 1. The van der Waals surface area contributed by atoms with Gasteiger partial charge in [0, 0.05) is 24.1 Å². The van der Waals surface area contributed by atoms with Gasteiger partial charge in [-0.2, -0.15) is 0 Å². The monoisotopic (exact) mass is 213 g/mol. The van der Waals surface area contributed by atoms with E-state index in [2.05, 4.69) is 0 Å². The van der Waals surface area contributed by atoms with Crippen molar-refractivity contribution < 1.29 is 4.79 Å². The van der Waals surface area contributed by atoms with Crippen molar-refractivity contribution in [2.24, 2.45) is 0 Å². The van der Waals surface area contributed by atoms with Crippen molar-refractivity contribution in [3.8, 4) is 5.69 Å². The Bertz CT molecular complexity index is 570. The van der Waals surface area contributed by atoms with E-state index in [0.29, 0.717) is 0 Å². The van der Waals surface area contributed by atoms with Crippen LogP contribution in [0.15, 0.2) is 53.6 Å². The van der Waals surface area contributed by atoms with E-state index in [-0.39, 0.29) is 16.8 Å². The first-order valence-corrected chi connectivity index (χ1v) is 4.97. The number of carbonyl (C=O) groups excluding carboxylic acids is 1. The van der Waals surface area contributed by atoms with Gasteiger partial charge in [-0.1, -0.05) is 18.2 Å². The Labute approximate surface area is 93.0 Å². The summed E-state index contributed by atoms with van der Waals surface area (Å²) in [6.07, 6.45) is 3.23. The largest absolute Gasteiger partial charge is 0.323 e. The van der Waals surface area contributed by atoms with E-state index in [1.807, 2.05) is 30.3 Å². The van der Waals surface area contributed by atoms with E-state index >= 15 is 0 Å². The zero-order chi connectivity index (χ0) is 11.5. The number of carbonyl (C=O) groups is 1. The Kier molecular flexibility index (Phi) is 2.68. The van der Waals surface area contributed by atoms with Crippen LogP contribution in [0.3, 0.4) is 0 Å². The molecule has 0 bridgehead atoms. The van der Waals surface area contributed by atoms with Crippen LogP contribution >= 0.6 is 0 Å². The summed E-state index contributed by atoms with van der Waals surface area (Å²) in [7, 11) is 0. The molecule has 16 heavy (non-hydrogen) atoms. The predicted molar refractivity (Wildman–Crippen MR) is 62.0 cm³/mol. The Balaban J connectivity index is 2.57. The van der Waals surface area contributed by atoms with Crippen molar-refractivity contribution in [1.29, 1.82) is 0 Å². The average Bonchev–Trinajstić information content (AvgIpc) is 2.30. The third kappa shape index (κ3) is 1.93. The molecular formula is C13H11NO2. The highest BCUT2D eigenvalue weighted by Gasteiger charge is 2.05. The highest BCUT2D eigenvalue weighted by atomic mass is 16.1. The van der Waals surface area contributed by atoms with Crippen LogP contribution in [0.2, 0.25) is 0 Å². The van der Waals surface area contributed by atoms with Gasteiger partial charge in [0.05, 0.1) is 5.56 Å². The highest BCUT2D eigenvalue weighted by Crippen LogP contribution is 2.06. The molecule has 0 amide bonds. The van der Waals surface area contributed by atoms with Crippen LogP contribution in [-0.4, -0.2) is 10.4 Å². The molecule has 0 fully saturated rings. The zero-order valence-electron chi connectivity index (χ0n) is 8.88. The number of pyridine rings is 1. The van der Waals surface area contributed by atoms with Gasteiger partial charge in [0.15, 0.2) is 11.2 Å². The molecule has 0 radical (unpaired) electrons. The number of para-hydroxylation sites is 1. The molecule has 0 N–H and O–H groups in total. The molecule has 0 spiro atoms. The van der Waals surface area contributed by atoms with E-state index in [0.717, 1.165) is 5.69 Å². The summed E-state index contributed by atoms with van der Waals surface area (Å²) in [6.45, 7) is 1.39. The standard InChI is InChI=1S/C13H11NO2/c1-10(15)12-9-14(8-7-13(12)16)11-5-3-2-4-6-11/h2-9H,1H3. The van der Waals surface area contributed by atoms with E-state index < -0.39 is 0 Å². The SMILES string of the molecule is CC(=O)c1cn(-c2ccccc2)ccc1=O. The number of hydrogen-bond acceptors (Lipinski definition) is 2. The molecule has 0 aliphatic carbocycles. The Morgan fingerprint density at radius 2 is 1.81 bits per heavy atom. The molecule has 0 aliphatic heterocycles. The number of benzene rings is 1. The maximum atomic E-state index is 11.4. The van der Waals surface area contributed by atoms with Crippen molar-refractivity contribution in [2.45, 2.75) is 6.92 Å². The van der Waals surface area contributed by atoms with Crippen molar-refractivity contribution in [2.75, 3.05) is 0 Å². The molecule has 0 saturated carbocycles. The Morgan fingerprint density at radius 3 is 2.44 bits per heavy atom. The van der Waals surface area contributed by atoms with Crippen molar-refractivity contribution in [1.82, 2.24) is 4.57 Å². The van der Waals surface area contributed by atoms with Crippen LogP contribution in [0.4, 0.5) is 0 Å². The van der Waals surface area contributed by atoms with Gasteiger partial charge in [0.2, 0.25) is 0 Å². The fourth-order valence-electron chi connectivity index (χ4n) is 1.51. The molecule has 0 aliphatic rings. The minimum absolute atomic E-state index is 0.213. The lowest BCUT2D eigenvalue weighted by Gasteiger charge is -2.06. The van der Waals surface area contributed by atoms with E-state index in [9.17, 15) is 9.59 Å². The second kappa shape index (κ2) is 4.14. The molecular weight excluding hydrogens is 202 g/mol. The van der Waals surface area contributed by atoms with E-state index in [1.165, 1.54) is 13.0 Å². The summed E-state index contributed by atoms with van der Waals surface area (Å²) >= 11 is 0. The molecule has 1 aromatic heterocycles. The van der Waals surface area contributed by atoms with Gasteiger partial charge < -0.3 is 4.57 Å². The molecule has 0 atom stereocenters. The molecule has 1 aromatic carbocycles. The molecule has 80 valence electrons. The maximum Gasteiger partial charge on any atom is 0.192 e. The Morgan fingerprint density at radius 1 is 1.12 bits per heavy atom. The lowest BCUT2D eigenvalue weighted by molar-refractivity contribution is 0.101. The molecule has 0 unspecified atom stereocenters. The summed E-state index contributed by atoms with van der Waals surface area (Å²) in [4.78, 5) is 22.6. The molecule has 1 heterocycles. The fourth-order valence-corrected chi connectivity index (χ4v) is 1.51. The number of aromatic nitrogens is 1. The number of nitrogens with zero attached hydrogens (tertiary/aromatic N) is 1. The third-order valence-corrected chi connectivity index (χ3v) is 2.35. The van der Waals surface area contributed by atoms with Crippen molar-refractivity contribution >= 4 is 5.78 Å². The Hall–Kier alpha value is -2.16. The molecule has 0 saturated heterocycles. The first-order chi connectivity index (χ1) is 7.68. The molecule has 3 nitrogen and oxygen atoms in total. The number of rotatable bonds is 2.